The van der Waals surface area contributed by atoms with Crippen molar-refractivity contribution in [2.75, 3.05) is 6.54 Å². The predicted octanol–water partition coefficient (Wildman–Crippen LogP) is 1.07. The molecule has 0 aliphatic carbocycles. The second-order valence-electron chi connectivity index (χ2n) is 4.82. The fraction of sp³-hybridized carbons (Fsp3) is 0.385. The van der Waals surface area contributed by atoms with E-state index < -0.39 is 17.6 Å². The molecule has 0 bridgehead atoms. The van der Waals surface area contributed by atoms with E-state index >= 15 is 0 Å². The Morgan fingerprint density at radius 3 is 2.44 bits per heavy atom. The summed E-state index contributed by atoms with van der Waals surface area (Å²) in [7, 11) is 0. The molecular formula is C13H16N2O3. The molecule has 5 heteroatoms. The number of carbonyl (C=O) groups is 2. The van der Waals surface area contributed by atoms with Crippen molar-refractivity contribution >= 4 is 11.9 Å². The van der Waals surface area contributed by atoms with Crippen LogP contribution < -0.4 is 0 Å². The minimum absolute atomic E-state index is 0.198. The SMILES string of the molecule is CC(C)(C(=O)N1CC=CC1C(=O)O)n1cccc1. The molecular weight excluding hydrogens is 232 g/mol. The van der Waals surface area contributed by atoms with Gasteiger partial charge in [-0.2, -0.15) is 0 Å². The van der Waals surface area contributed by atoms with Gasteiger partial charge in [0, 0.05) is 18.9 Å². The minimum atomic E-state index is -1.000. The quantitative estimate of drug-likeness (QED) is 0.814. The molecule has 1 aliphatic heterocycles. The fourth-order valence-corrected chi connectivity index (χ4v) is 2.11. The van der Waals surface area contributed by atoms with Gasteiger partial charge in [-0.3, -0.25) is 4.79 Å². The van der Waals surface area contributed by atoms with Gasteiger partial charge in [0.1, 0.15) is 11.6 Å². The van der Waals surface area contributed by atoms with Crippen molar-refractivity contribution in [2.24, 2.45) is 0 Å². The number of nitrogens with zero attached hydrogens (tertiary/aromatic N) is 2. The van der Waals surface area contributed by atoms with Crippen LogP contribution in [0.15, 0.2) is 36.7 Å². The van der Waals surface area contributed by atoms with Crippen molar-refractivity contribution in [3.8, 4) is 0 Å². The van der Waals surface area contributed by atoms with E-state index in [1.807, 2.05) is 12.1 Å². The maximum Gasteiger partial charge on any atom is 0.330 e. The molecule has 1 atom stereocenters. The molecule has 1 aliphatic rings. The molecule has 0 aromatic carbocycles. The van der Waals surface area contributed by atoms with Gasteiger partial charge in [-0.25, -0.2) is 4.79 Å². The first-order valence-electron chi connectivity index (χ1n) is 5.78. The highest BCUT2D eigenvalue weighted by atomic mass is 16.4. The molecule has 0 radical (unpaired) electrons. The monoisotopic (exact) mass is 248 g/mol. The number of carboxylic acid groups (broad SMARTS) is 1. The number of hydrogen-bond acceptors (Lipinski definition) is 2. The van der Waals surface area contributed by atoms with E-state index in [4.69, 9.17) is 5.11 Å². The Morgan fingerprint density at radius 1 is 1.28 bits per heavy atom. The average molecular weight is 248 g/mol. The molecule has 2 heterocycles. The van der Waals surface area contributed by atoms with Crippen LogP contribution in [0.1, 0.15) is 13.8 Å². The van der Waals surface area contributed by atoms with Crippen LogP contribution in [0.4, 0.5) is 0 Å². The fourth-order valence-electron chi connectivity index (χ4n) is 2.11. The van der Waals surface area contributed by atoms with E-state index in [1.54, 1.807) is 43.0 Å². The third kappa shape index (κ3) is 1.92. The summed E-state index contributed by atoms with van der Waals surface area (Å²) in [5, 5.41) is 9.08. The lowest BCUT2D eigenvalue weighted by Gasteiger charge is -2.32. The lowest BCUT2D eigenvalue weighted by Crippen LogP contribution is -2.50. The lowest BCUT2D eigenvalue weighted by molar-refractivity contribution is -0.150. The van der Waals surface area contributed by atoms with Crippen molar-refractivity contribution in [3.05, 3.63) is 36.7 Å². The second kappa shape index (κ2) is 4.33. The summed E-state index contributed by atoms with van der Waals surface area (Å²) in [5.74, 6) is -1.20. The van der Waals surface area contributed by atoms with Crippen molar-refractivity contribution in [3.63, 3.8) is 0 Å². The molecule has 1 unspecified atom stereocenters. The Bertz CT molecular complexity index is 488. The normalized spacial score (nSPS) is 19.2. The highest BCUT2D eigenvalue weighted by Gasteiger charge is 2.39. The van der Waals surface area contributed by atoms with Gasteiger partial charge < -0.3 is 14.6 Å². The maximum atomic E-state index is 12.5. The van der Waals surface area contributed by atoms with E-state index in [0.717, 1.165) is 0 Å². The number of rotatable bonds is 3. The summed E-state index contributed by atoms with van der Waals surface area (Å²) in [6.07, 6.45) is 6.86. The van der Waals surface area contributed by atoms with Crippen LogP contribution in [0.3, 0.4) is 0 Å². The molecule has 1 amide bonds. The summed E-state index contributed by atoms with van der Waals surface area (Å²) in [6.45, 7) is 3.92. The van der Waals surface area contributed by atoms with Gasteiger partial charge in [-0.1, -0.05) is 12.2 Å². The Labute approximate surface area is 105 Å². The standard InChI is InChI=1S/C13H16N2O3/c1-13(2,14-7-3-4-8-14)12(18)15-9-5-6-10(15)11(16)17/h3-8,10H,9H2,1-2H3,(H,16,17). The van der Waals surface area contributed by atoms with Crippen molar-refractivity contribution in [1.82, 2.24) is 9.47 Å². The number of hydrogen-bond donors (Lipinski definition) is 1. The van der Waals surface area contributed by atoms with Gasteiger partial charge in [-0.15, -0.1) is 0 Å². The first kappa shape index (κ1) is 12.4. The second-order valence-corrected chi connectivity index (χ2v) is 4.82. The molecule has 5 nitrogen and oxygen atoms in total. The number of carbonyl (C=O) groups excluding carboxylic acids is 1. The minimum Gasteiger partial charge on any atom is -0.479 e. The summed E-state index contributed by atoms with van der Waals surface area (Å²) in [5.41, 5.74) is -0.788. The van der Waals surface area contributed by atoms with Crippen LogP contribution in [-0.2, 0) is 15.1 Å². The van der Waals surface area contributed by atoms with E-state index in [2.05, 4.69) is 0 Å². The Morgan fingerprint density at radius 2 is 1.89 bits per heavy atom. The van der Waals surface area contributed by atoms with E-state index in [9.17, 15) is 9.59 Å². The topological polar surface area (TPSA) is 62.5 Å². The molecule has 0 fully saturated rings. The zero-order valence-electron chi connectivity index (χ0n) is 10.4. The van der Waals surface area contributed by atoms with Crippen LogP contribution >= 0.6 is 0 Å². The summed E-state index contributed by atoms with van der Waals surface area (Å²) in [4.78, 5) is 24.9. The largest absolute Gasteiger partial charge is 0.479 e. The van der Waals surface area contributed by atoms with Gasteiger partial charge in [0.25, 0.3) is 0 Å². The van der Waals surface area contributed by atoms with Crippen LogP contribution in [-0.4, -0.2) is 39.0 Å². The molecule has 0 saturated heterocycles. The third-order valence-corrected chi connectivity index (χ3v) is 3.24. The van der Waals surface area contributed by atoms with Crippen LogP contribution in [0, 0.1) is 0 Å². The summed E-state index contributed by atoms with van der Waals surface area (Å²) in [6, 6.07) is 2.82. The maximum absolute atomic E-state index is 12.5. The molecule has 18 heavy (non-hydrogen) atoms. The highest BCUT2D eigenvalue weighted by Crippen LogP contribution is 2.22. The zero-order chi connectivity index (χ0) is 13.3. The Balaban J connectivity index is 2.24. The van der Waals surface area contributed by atoms with Crippen LogP contribution in [0.5, 0.6) is 0 Å². The number of aliphatic carboxylic acids is 1. The van der Waals surface area contributed by atoms with Crippen molar-refractivity contribution < 1.29 is 14.7 Å². The first-order chi connectivity index (χ1) is 8.44. The van der Waals surface area contributed by atoms with Crippen LogP contribution in [0.2, 0.25) is 0 Å². The van der Waals surface area contributed by atoms with Gasteiger partial charge in [0.15, 0.2) is 0 Å². The van der Waals surface area contributed by atoms with E-state index in [0.29, 0.717) is 6.54 Å². The number of aromatic nitrogens is 1. The van der Waals surface area contributed by atoms with Gasteiger partial charge in [0.05, 0.1) is 0 Å². The molecule has 1 aromatic heterocycles. The zero-order valence-corrected chi connectivity index (χ0v) is 10.4. The summed E-state index contributed by atoms with van der Waals surface area (Å²) < 4.78 is 1.78. The predicted molar refractivity (Wildman–Crippen MR) is 66.0 cm³/mol. The van der Waals surface area contributed by atoms with Gasteiger partial charge >= 0.3 is 5.97 Å². The number of carboxylic acids is 1. The molecule has 1 aromatic rings. The molecule has 2 rings (SSSR count). The van der Waals surface area contributed by atoms with E-state index in [-0.39, 0.29) is 5.91 Å². The molecule has 1 N–H and O–H groups in total. The smallest absolute Gasteiger partial charge is 0.330 e. The van der Waals surface area contributed by atoms with Gasteiger partial charge in [0.2, 0.25) is 5.91 Å². The number of amides is 1. The molecule has 96 valence electrons. The van der Waals surface area contributed by atoms with Crippen LogP contribution in [0.25, 0.3) is 0 Å². The highest BCUT2D eigenvalue weighted by molar-refractivity contribution is 5.90. The molecule has 0 spiro atoms. The Kier molecular flexibility index (Phi) is 2.98. The summed E-state index contributed by atoms with van der Waals surface area (Å²) >= 11 is 0. The van der Waals surface area contributed by atoms with Gasteiger partial charge in [-0.05, 0) is 26.0 Å². The van der Waals surface area contributed by atoms with E-state index in [1.165, 1.54) is 4.90 Å². The molecule has 0 saturated carbocycles. The van der Waals surface area contributed by atoms with Crippen molar-refractivity contribution in [2.45, 2.75) is 25.4 Å². The average Bonchev–Trinajstić information content (AvgIpc) is 2.98. The van der Waals surface area contributed by atoms with Crippen molar-refractivity contribution in [1.29, 1.82) is 0 Å². The third-order valence-electron chi connectivity index (χ3n) is 3.24. The first-order valence-corrected chi connectivity index (χ1v) is 5.78. The lowest BCUT2D eigenvalue weighted by atomic mass is 10.0. The Hall–Kier alpha value is -2.04.